The zero-order valence-corrected chi connectivity index (χ0v) is 21.2. The van der Waals surface area contributed by atoms with Gasteiger partial charge in [0.1, 0.15) is 0 Å². The number of amides is 1. The molecule has 0 aliphatic heterocycles. The Kier molecular flexibility index (Phi) is 6.30. The monoisotopic (exact) mass is 501 g/mol. The maximum Gasteiger partial charge on any atom is 0.229 e. The predicted molar refractivity (Wildman–Crippen MR) is 141 cm³/mol. The van der Waals surface area contributed by atoms with Crippen molar-refractivity contribution in [3.8, 4) is 11.3 Å². The zero-order chi connectivity index (χ0) is 24.7. The van der Waals surface area contributed by atoms with Crippen LogP contribution in [0.4, 0.5) is 5.82 Å². The molecule has 4 bridgehead atoms. The number of anilines is 1. The highest BCUT2D eigenvalue weighted by Crippen LogP contribution is 2.61. The molecule has 0 radical (unpaired) electrons. The molecule has 4 fully saturated rings. The van der Waals surface area contributed by atoms with Crippen molar-refractivity contribution < 1.29 is 9.90 Å². The SMILES string of the molecule is O=C(Cc1ccc(Cl)cc1)Nc1ncc(-c2ccc(CO)cc2)nc1CC12CC3CC(CC(C3)C1)C2. The second-order valence-corrected chi connectivity index (χ2v) is 11.8. The lowest BCUT2D eigenvalue weighted by atomic mass is 9.48. The van der Waals surface area contributed by atoms with E-state index in [0.717, 1.165) is 52.3 Å². The van der Waals surface area contributed by atoms with Crippen molar-refractivity contribution >= 4 is 23.3 Å². The summed E-state index contributed by atoms with van der Waals surface area (Å²) in [6.07, 6.45) is 10.9. The molecule has 36 heavy (non-hydrogen) atoms. The molecule has 7 rings (SSSR count). The number of benzene rings is 2. The molecule has 4 saturated carbocycles. The first-order valence-corrected chi connectivity index (χ1v) is 13.5. The first kappa shape index (κ1) is 23.6. The fraction of sp³-hybridized carbons (Fsp3) is 0.433. The molecule has 2 N–H and O–H groups in total. The van der Waals surface area contributed by atoms with Gasteiger partial charge in [0.25, 0.3) is 0 Å². The van der Waals surface area contributed by atoms with Gasteiger partial charge in [0.2, 0.25) is 5.91 Å². The summed E-state index contributed by atoms with van der Waals surface area (Å²) >= 11 is 6.00. The number of carbonyl (C=O) groups is 1. The van der Waals surface area contributed by atoms with E-state index in [-0.39, 0.29) is 24.3 Å². The van der Waals surface area contributed by atoms with Crippen LogP contribution in [0.25, 0.3) is 11.3 Å². The number of aliphatic hydroxyl groups excluding tert-OH is 1. The standard InChI is InChI=1S/C30H32ClN3O2/c31-25-7-3-19(4-8-25)12-28(36)34-29-26(16-30-13-21-9-22(14-30)11-23(10-21)15-30)33-27(17-32-29)24-5-1-20(18-35)2-6-24/h1-8,17,21-23,35H,9-16,18H2,(H,32,34,36). The molecular weight excluding hydrogens is 470 g/mol. The van der Waals surface area contributed by atoms with Gasteiger partial charge in [-0.25, -0.2) is 9.97 Å². The van der Waals surface area contributed by atoms with E-state index in [2.05, 4.69) is 5.32 Å². The molecule has 1 aromatic heterocycles. The van der Waals surface area contributed by atoms with E-state index in [4.69, 9.17) is 21.6 Å². The summed E-state index contributed by atoms with van der Waals surface area (Å²) < 4.78 is 0. The highest BCUT2D eigenvalue weighted by Gasteiger charge is 2.51. The average Bonchev–Trinajstić information content (AvgIpc) is 2.85. The second-order valence-electron chi connectivity index (χ2n) is 11.4. The molecule has 0 spiro atoms. The number of hydrogen-bond donors (Lipinski definition) is 2. The zero-order valence-electron chi connectivity index (χ0n) is 20.4. The number of carbonyl (C=O) groups excluding carboxylic acids is 1. The summed E-state index contributed by atoms with van der Waals surface area (Å²) in [5.41, 5.74) is 4.71. The van der Waals surface area contributed by atoms with Crippen LogP contribution in [0.3, 0.4) is 0 Å². The second kappa shape index (κ2) is 9.60. The Balaban J connectivity index is 1.29. The minimum Gasteiger partial charge on any atom is -0.392 e. The lowest BCUT2D eigenvalue weighted by molar-refractivity contribution is -0.115. The third kappa shape index (κ3) is 4.91. The van der Waals surface area contributed by atoms with Gasteiger partial charge in [-0.05, 0) is 91.4 Å². The minimum absolute atomic E-state index is 0.0157. The van der Waals surface area contributed by atoms with Crippen molar-refractivity contribution in [3.63, 3.8) is 0 Å². The lowest BCUT2D eigenvalue weighted by Crippen LogP contribution is -2.47. The van der Waals surface area contributed by atoms with Gasteiger partial charge in [-0.1, -0.05) is 48.0 Å². The fourth-order valence-electron chi connectivity index (χ4n) is 7.40. The lowest BCUT2D eigenvalue weighted by Gasteiger charge is -2.57. The van der Waals surface area contributed by atoms with Crippen LogP contribution in [0.1, 0.15) is 55.3 Å². The van der Waals surface area contributed by atoms with E-state index in [0.29, 0.717) is 10.8 Å². The molecule has 4 aliphatic rings. The third-order valence-electron chi connectivity index (χ3n) is 8.52. The number of rotatable bonds is 7. The third-order valence-corrected chi connectivity index (χ3v) is 8.77. The summed E-state index contributed by atoms with van der Waals surface area (Å²) in [7, 11) is 0. The quantitative estimate of drug-likeness (QED) is 0.402. The van der Waals surface area contributed by atoms with Crippen LogP contribution in [-0.4, -0.2) is 21.0 Å². The van der Waals surface area contributed by atoms with Gasteiger partial charge in [0.15, 0.2) is 5.82 Å². The van der Waals surface area contributed by atoms with Gasteiger partial charge >= 0.3 is 0 Å². The molecule has 4 aliphatic carbocycles. The van der Waals surface area contributed by atoms with E-state index in [1.54, 1.807) is 18.3 Å². The number of aliphatic hydroxyl groups is 1. The molecule has 1 amide bonds. The summed E-state index contributed by atoms with van der Waals surface area (Å²) in [5, 5.41) is 13.1. The van der Waals surface area contributed by atoms with Crippen molar-refractivity contribution in [1.29, 1.82) is 0 Å². The Morgan fingerprint density at radius 3 is 2.17 bits per heavy atom. The largest absolute Gasteiger partial charge is 0.392 e. The van der Waals surface area contributed by atoms with Crippen molar-refractivity contribution in [2.45, 2.75) is 58.0 Å². The number of aromatic nitrogens is 2. The van der Waals surface area contributed by atoms with Crippen LogP contribution in [0.5, 0.6) is 0 Å². The Bertz CT molecular complexity index is 1220. The van der Waals surface area contributed by atoms with Crippen LogP contribution in [0.15, 0.2) is 54.7 Å². The topological polar surface area (TPSA) is 75.1 Å². The van der Waals surface area contributed by atoms with Crippen LogP contribution >= 0.6 is 11.6 Å². The Hall–Kier alpha value is -2.76. The maximum absolute atomic E-state index is 13.0. The number of halogens is 1. The van der Waals surface area contributed by atoms with Gasteiger partial charge < -0.3 is 10.4 Å². The van der Waals surface area contributed by atoms with Gasteiger partial charge in [-0.2, -0.15) is 0 Å². The van der Waals surface area contributed by atoms with Crippen molar-refractivity contribution in [1.82, 2.24) is 9.97 Å². The normalized spacial score (nSPS) is 26.2. The van der Waals surface area contributed by atoms with E-state index in [9.17, 15) is 9.90 Å². The van der Waals surface area contributed by atoms with Crippen molar-refractivity contribution in [2.24, 2.45) is 23.2 Å². The molecule has 186 valence electrons. The molecule has 6 heteroatoms. The van der Waals surface area contributed by atoms with Crippen LogP contribution in [0.2, 0.25) is 5.02 Å². The van der Waals surface area contributed by atoms with Crippen LogP contribution in [0, 0.1) is 23.2 Å². The fourth-order valence-corrected chi connectivity index (χ4v) is 7.53. The van der Waals surface area contributed by atoms with Crippen molar-refractivity contribution in [3.05, 3.63) is 76.6 Å². The molecule has 2 aromatic carbocycles. The molecule has 1 heterocycles. The van der Waals surface area contributed by atoms with E-state index >= 15 is 0 Å². The summed E-state index contributed by atoms with van der Waals surface area (Å²) in [5.74, 6) is 3.03. The van der Waals surface area contributed by atoms with Gasteiger partial charge in [-0.15, -0.1) is 0 Å². The average molecular weight is 502 g/mol. The Labute approximate surface area is 217 Å². The molecular formula is C30H32ClN3O2. The molecule has 3 aromatic rings. The van der Waals surface area contributed by atoms with E-state index in [1.807, 2.05) is 36.4 Å². The maximum atomic E-state index is 13.0. The van der Waals surface area contributed by atoms with E-state index < -0.39 is 0 Å². The van der Waals surface area contributed by atoms with Gasteiger partial charge in [0, 0.05) is 10.6 Å². The molecule has 0 saturated heterocycles. The highest BCUT2D eigenvalue weighted by atomic mass is 35.5. The smallest absolute Gasteiger partial charge is 0.229 e. The Morgan fingerprint density at radius 2 is 1.56 bits per heavy atom. The van der Waals surface area contributed by atoms with Crippen LogP contribution in [-0.2, 0) is 24.2 Å². The first-order valence-electron chi connectivity index (χ1n) is 13.1. The summed E-state index contributed by atoms with van der Waals surface area (Å²) in [4.78, 5) is 22.8. The number of hydrogen-bond acceptors (Lipinski definition) is 4. The van der Waals surface area contributed by atoms with Crippen LogP contribution < -0.4 is 5.32 Å². The number of nitrogens with zero attached hydrogens (tertiary/aromatic N) is 2. The van der Waals surface area contributed by atoms with Gasteiger partial charge in [-0.3, -0.25) is 4.79 Å². The predicted octanol–water partition coefficient (Wildman–Crippen LogP) is 6.23. The van der Waals surface area contributed by atoms with Crippen molar-refractivity contribution in [2.75, 3.05) is 5.32 Å². The summed E-state index contributed by atoms with van der Waals surface area (Å²) in [6.45, 7) is 0.0157. The van der Waals surface area contributed by atoms with E-state index in [1.165, 1.54) is 38.5 Å². The molecule has 0 atom stereocenters. The van der Waals surface area contributed by atoms with Gasteiger partial charge in [0.05, 0.1) is 30.6 Å². The highest BCUT2D eigenvalue weighted by molar-refractivity contribution is 6.30. The minimum atomic E-state index is -0.0987. The Morgan fingerprint density at radius 1 is 0.944 bits per heavy atom. The molecule has 5 nitrogen and oxygen atoms in total. The first-order chi connectivity index (χ1) is 17.5. The molecule has 0 unspecified atom stereocenters. The number of nitrogens with one attached hydrogen (secondary N) is 1. The summed E-state index contributed by atoms with van der Waals surface area (Å²) in [6, 6.07) is 15.1.